The summed E-state index contributed by atoms with van der Waals surface area (Å²) in [5.41, 5.74) is 3.40. The lowest BCUT2D eigenvalue weighted by atomic mass is 9.96. The van der Waals surface area contributed by atoms with Crippen molar-refractivity contribution in [1.82, 2.24) is 0 Å². The maximum Gasteiger partial charge on any atom is 0.341 e. The van der Waals surface area contributed by atoms with Crippen LogP contribution in [-0.4, -0.2) is 19.0 Å². The summed E-state index contributed by atoms with van der Waals surface area (Å²) < 4.78 is 5.02. The Kier molecular flexibility index (Phi) is 6.32. The van der Waals surface area contributed by atoms with Crippen LogP contribution in [0.3, 0.4) is 0 Å². The zero-order valence-electron chi connectivity index (χ0n) is 16.3. The number of aryl methyl sites for hydroxylation is 1. The van der Waals surface area contributed by atoms with E-state index in [0.717, 1.165) is 31.2 Å². The molecular weight excluding hydrogens is 358 g/mol. The molecule has 1 aliphatic carbocycles. The van der Waals surface area contributed by atoms with Crippen molar-refractivity contribution in [2.75, 3.05) is 12.4 Å². The lowest BCUT2D eigenvalue weighted by Gasteiger charge is -2.11. The first-order valence-corrected chi connectivity index (χ1v) is 10.5. The maximum absolute atomic E-state index is 12.8. The predicted octanol–water partition coefficient (Wildman–Crippen LogP) is 5.57. The number of nitrogens with one attached hydrogen (secondary N) is 1. The van der Waals surface area contributed by atoms with Crippen LogP contribution in [0.5, 0.6) is 0 Å². The van der Waals surface area contributed by atoms with Crippen LogP contribution in [0.1, 0.15) is 82.2 Å². The summed E-state index contributed by atoms with van der Waals surface area (Å²) >= 11 is 1.53. The van der Waals surface area contributed by atoms with Crippen LogP contribution in [0.15, 0.2) is 24.3 Å². The fourth-order valence-electron chi connectivity index (χ4n) is 3.52. The highest BCUT2D eigenvalue weighted by atomic mass is 32.1. The Morgan fingerprint density at radius 2 is 1.70 bits per heavy atom. The van der Waals surface area contributed by atoms with Crippen molar-refractivity contribution in [3.8, 4) is 0 Å². The third-order valence-electron chi connectivity index (χ3n) is 5.13. The Morgan fingerprint density at radius 1 is 1.04 bits per heavy atom. The number of esters is 1. The molecule has 144 valence electrons. The fraction of sp³-hybridized carbons (Fsp3) is 0.455. The molecule has 0 bridgehead atoms. The molecule has 2 aromatic rings. The fourth-order valence-corrected chi connectivity index (χ4v) is 4.79. The Labute approximate surface area is 164 Å². The number of fused-ring (bicyclic) bond motifs is 1. The van der Waals surface area contributed by atoms with Gasteiger partial charge in [-0.25, -0.2) is 4.79 Å². The molecule has 0 radical (unpaired) electrons. The Bertz CT molecular complexity index is 821. The smallest absolute Gasteiger partial charge is 0.341 e. The van der Waals surface area contributed by atoms with E-state index in [9.17, 15) is 9.59 Å². The van der Waals surface area contributed by atoms with Crippen LogP contribution in [0.25, 0.3) is 0 Å². The molecule has 1 aromatic carbocycles. The van der Waals surface area contributed by atoms with Gasteiger partial charge in [-0.3, -0.25) is 4.79 Å². The first-order valence-electron chi connectivity index (χ1n) is 9.65. The quantitative estimate of drug-likeness (QED) is 0.700. The van der Waals surface area contributed by atoms with Crippen LogP contribution in [0.4, 0.5) is 5.00 Å². The van der Waals surface area contributed by atoms with Gasteiger partial charge in [0.05, 0.1) is 12.7 Å². The number of hydrogen-bond acceptors (Lipinski definition) is 4. The van der Waals surface area contributed by atoms with Gasteiger partial charge in [0.15, 0.2) is 0 Å². The van der Waals surface area contributed by atoms with Crippen molar-refractivity contribution < 1.29 is 14.3 Å². The van der Waals surface area contributed by atoms with Crippen LogP contribution in [0, 0.1) is 0 Å². The number of hydrogen-bond donors (Lipinski definition) is 1. The lowest BCUT2D eigenvalue weighted by Crippen LogP contribution is -2.15. The van der Waals surface area contributed by atoms with Gasteiger partial charge in [0.2, 0.25) is 0 Å². The number of benzene rings is 1. The number of anilines is 1. The standard InChI is InChI=1S/C22H27NO3S/c1-14(2)15-10-12-16(13-11-15)20(24)23-21-19(22(25)26-3)17-8-6-4-5-7-9-18(17)27-21/h10-14H,4-9H2,1-3H3,(H,23,24). The molecule has 3 rings (SSSR count). The number of methoxy groups -OCH3 is 1. The van der Waals surface area contributed by atoms with Gasteiger partial charge in [0.1, 0.15) is 5.00 Å². The zero-order valence-corrected chi connectivity index (χ0v) is 17.1. The van der Waals surface area contributed by atoms with E-state index in [2.05, 4.69) is 19.2 Å². The minimum absolute atomic E-state index is 0.190. The number of amides is 1. The third-order valence-corrected chi connectivity index (χ3v) is 6.33. The van der Waals surface area contributed by atoms with Gasteiger partial charge in [0, 0.05) is 10.4 Å². The van der Waals surface area contributed by atoms with Crippen molar-refractivity contribution in [2.45, 2.75) is 58.3 Å². The van der Waals surface area contributed by atoms with E-state index in [4.69, 9.17) is 4.74 Å². The highest BCUT2D eigenvalue weighted by Gasteiger charge is 2.26. The predicted molar refractivity (Wildman–Crippen MR) is 110 cm³/mol. The summed E-state index contributed by atoms with van der Waals surface area (Å²) in [5, 5.41) is 3.58. The molecule has 5 heteroatoms. The van der Waals surface area contributed by atoms with Crippen LogP contribution in [-0.2, 0) is 17.6 Å². The summed E-state index contributed by atoms with van der Waals surface area (Å²) in [6.45, 7) is 4.25. The van der Waals surface area contributed by atoms with Crippen molar-refractivity contribution >= 4 is 28.2 Å². The van der Waals surface area contributed by atoms with Crippen molar-refractivity contribution in [1.29, 1.82) is 0 Å². The maximum atomic E-state index is 12.8. The van der Waals surface area contributed by atoms with E-state index in [1.165, 1.54) is 41.7 Å². The largest absolute Gasteiger partial charge is 0.465 e. The Balaban J connectivity index is 1.89. The van der Waals surface area contributed by atoms with E-state index in [0.29, 0.717) is 22.0 Å². The Morgan fingerprint density at radius 3 is 2.33 bits per heavy atom. The van der Waals surface area contributed by atoms with Crippen molar-refractivity contribution in [3.05, 3.63) is 51.4 Å². The molecule has 1 aliphatic rings. The van der Waals surface area contributed by atoms with E-state index in [-0.39, 0.29) is 11.9 Å². The molecule has 1 amide bonds. The van der Waals surface area contributed by atoms with Gasteiger partial charge >= 0.3 is 5.97 Å². The van der Waals surface area contributed by atoms with Crippen molar-refractivity contribution in [3.63, 3.8) is 0 Å². The average Bonchev–Trinajstić information content (AvgIpc) is 2.97. The monoisotopic (exact) mass is 385 g/mol. The number of rotatable bonds is 4. The van der Waals surface area contributed by atoms with Gasteiger partial charge in [-0.1, -0.05) is 38.8 Å². The molecule has 1 N–H and O–H groups in total. The van der Waals surface area contributed by atoms with Gasteiger partial charge in [-0.05, 0) is 54.9 Å². The molecule has 0 atom stereocenters. The molecule has 0 unspecified atom stereocenters. The van der Waals surface area contributed by atoms with Gasteiger partial charge in [-0.15, -0.1) is 11.3 Å². The molecule has 1 heterocycles. The highest BCUT2D eigenvalue weighted by Crippen LogP contribution is 2.37. The SMILES string of the molecule is COC(=O)c1c(NC(=O)c2ccc(C(C)C)cc2)sc2c1CCCCCC2. The molecule has 0 saturated heterocycles. The number of thiophene rings is 1. The van der Waals surface area contributed by atoms with Crippen LogP contribution >= 0.6 is 11.3 Å². The minimum atomic E-state index is -0.362. The summed E-state index contributed by atoms with van der Waals surface area (Å²) in [5.74, 6) is -0.131. The second kappa shape index (κ2) is 8.70. The molecule has 0 aliphatic heterocycles. The molecule has 27 heavy (non-hydrogen) atoms. The van der Waals surface area contributed by atoms with E-state index < -0.39 is 0 Å². The molecule has 0 saturated carbocycles. The Hall–Kier alpha value is -2.14. The van der Waals surface area contributed by atoms with Gasteiger partial charge in [0.25, 0.3) is 5.91 Å². The minimum Gasteiger partial charge on any atom is -0.465 e. The number of carbonyl (C=O) groups is 2. The average molecular weight is 386 g/mol. The second-order valence-electron chi connectivity index (χ2n) is 7.34. The number of ether oxygens (including phenoxy) is 1. The zero-order chi connectivity index (χ0) is 19.4. The summed E-state index contributed by atoms with van der Waals surface area (Å²) in [6.07, 6.45) is 6.42. The first-order chi connectivity index (χ1) is 13.0. The van der Waals surface area contributed by atoms with Gasteiger partial charge in [-0.2, -0.15) is 0 Å². The highest BCUT2D eigenvalue weighted by molar-refractivity contribution is 7.17. The molecule has 1 aromatic heterocycles. The summed E-state index contributed by atoms with van der Waals surface area (Å²) in [7, 11) is 1.39. The first kappa shape index (κ1) is 19.6. The van der Waals surface area contributed by atoms with E-state index >= 15 is 0 Å². The van der Waals surface area contributed by atoms with Gasteiger partial charge < -0.3 is 10.1 Å². The molecule has 0 fully saturated rings. The van der Waals surface area contributed by atoms with E-state index in [1.54, 1.807) is 0 Å². The van der Waals surface area contributed by atoms with Crippen LogP contribution in [0.2, 0.25) is 0 Å². The van der Waals surface area contributed by atoms with Crippen molar-refractivity contribution in [2.24, 2.45) is 0 Å². The van der Waals surface area contributed by atoms with Crippen LogP contribution < -0.4 is 5.32 Å². The third kappa shape index (κ3) is 4.41. The second-order valence-corrected chi connectivity index (χ2v) is 8.45. The summed E-state index contributed by atoms with van der Waals surface area (Å²) in [4.78, 5) is 26.4. The normalized spacial score (nSPS) is 14.2. The van der Waals surface area contributed by atoms with E-state index in [1.807, 2.05) is 24.3 Å². The number of carbonyl (C=O) groups excluding carboxylic acids is 2. The lowest BCUT2D eigenvalue weighted by molar-refractivity contribution is 0.0601. The molecular formula is C22H27NO3S. The topological polar surface area (TPSA) is 55.4 Å². The molecule has 0 spiro atoms. The molecule has 4 nitrogen and oxygen atoms in total. The summed E-state index contributed by atoms with van der Waals surface area (Å²) in [6, 6.07) is 7.64.